The first kappa shape index (κ1) is 15.1. The number of urea groups is 1. The van der Waals surface area contributed by atoms with Gasteiger partial charge in [0.25, 0.3) is 0 Å². The first-order valence-corrected chi connectivity index (χ1v) is 8.40. The van der Waals surface area contributed by atoms with E-state index in [0.717, 1.165) is 24.4 Å². The van der Waals surface area contributed by atoms with Crippen molar-refractivity contribution in [3.8, 4) is 0 Å². The molecule has 2 aromatic rings. The third kappa shape index (κ3) is 3.31. The number of aryl methyl sites for hydroxylation is 1. The first-order chi connectivity index (χ1) is 10.8. The number of carbonyl (C=O) groups is 1. The number of nitrogens with one attached hydrogen (secondary N) is 2. The van der Waals surface area contributed by atoms with Crippen molar-refractivity contribution < 1.29 is 9.53 Å². The minimum atomic E-state index is -0.179. The minimum Gasteiger partial charge on any atom is -0.368 e. The van der Waals surface area contributed by atoms with E-state index in [4.69, 9.17) is 4.74 Å². The molecule has 118 valence electrons. The molecule has 7 heteroatoms. The predicted molar refractivity (Wildman–Crippen MR) is 84.7 cm³/mol. The standard InChI is InChI=1S/C15H20N4O2S/c1-2-19-6-5-16-14(19)13-12(3-7-21-13)18-15(20)17-9-11-4-8-22-10-11/h4-6,8,10,12-13H,2-3,7,9H2,1H3,(H2,17,18,20)/t12-,13-/m0/s1. The summed E-state index contributed by atoms with van der Waals surface area (Å²) in [6.07, 6.45) is 4.33. The fourth-order valence-electron chi connectivity index (χ4n) is 2.63. The third-order valence-corrected chi connectivity index (χ3v) is 4.52. The lowest BCUT2D eigenvalue weighted by Crippen LogP contribution is -2.43. The van der Waals surface area contributed by atoms with Gasteiger partial charge < -0.3 is 19.9 Å². The van der Waals surface area contributed by atoms with E-state index < -0.39 is 0 Å². The SMILES string of the molecule is CCn1ccnc1[C@H]1OCC[C@@H]1NC(=O)NCc1ccsc1. The van der Waals surface area contributed by atoms with Crippen LogP contribution in [0.5, 0.6) is 0 Å². The van der Waals surface area contributed by atoms with E-state index >= 15 is 0 Å². The zero-order valence-corrected chi connectivity index (χ0v) is 13.3. The van der Waals surface area contributed by atoms with E-state index in [0.29, 0.717) is 13.2 Å². The number of carbonyl (C=O) groups excluding carboxylic acids is 1. The van der Waals surface area contributed by atoms with Gasteiger partial charge in [-0.15, -0.1) is 0 Å². The molecule has 0 spiro atoms. The summed E-state index contributed by atoms with van der Waals surface area (Å²) in [4.78, 5) is 16.4. The lowest BCUT2D eigenvalue weighted by molar-refractivity contribution is 0.0901. The number of aromatic nitrogens is 2. The van der Waals surface area contributed by atoms with Crippen molar-refractivity contribution in [1.82, 2.24) is 20.2 Å². The number of hydrogen-bond acceptors (Lipinski definition) is 4. The van der Waals surface area contributed by atoms with Crippen LogP contribution in [0.15, 0.2) is 29.2 Å². The lowest BCUT2D eigenvalue weighted by Gasteiger charge is -2.20. The van der Waals surface area contributed by atoms with Gasteiger partial charge >= 0.3 is 6.03 Å². The van der Waals surface area contributed by atoms with E-state index in [-0.39, 0.29) is 18.2 Å². The quantitative estimate of drug-likeness (QED) is 0.888. The number of imidazole rings is 1. The Hall–Kier alpha value is -1.86. The van der Waals surface area contributed by atoms with Crippen LogP contribution in [0.2, 0.25) is 0 Å². The fraction of sp³-hybridized carbons (Fsp3) is 0.467. The van der Waals surface area contributed by atoms with Crippen LogP contribution in [0.4, 0.5) is 4.79 Å². The zero-order valence-electron chi connectivity index (χ0n) is 12.5. The van der Waals surface area contributed by atoms with Gasteiger partial charge in [-0.1, -0.05) is 0 Å². The molecule has 0 saturated carbocycles. The smallest absolute Gasteiger partial charge is 0.315 e. The first-order valence-electron chi connectivity index (χ1n) is 7.46. The highest BCUT2D eigenvalue weighted by atomic mass is 32.1. The maximum atomic E-state index is 12.1. The lowest BCUT2D eigenvalue weighted by atomic mass is 10.1. The summed E-state index contributed by atoms with van der Waals surface area (Å²) in [7, 11) is 0. The largest absolute Gasteiger partial charge is 0.368 e. The van der Waals surface area contributed by atoms with Gasteiger partial charge in [0.05, 0.1) is 6.04 Å². The Bertz CT molecular complexity index is 611. The Balaban J connectivity index is 1.58. The van der Waals surface area contributed by atoms with Gasteiger partial charge in [-0.25, -0.2) is 9.78 Å². The number of hydrogen-bond donors (Lipinski definition) is 2. The number of rotatable bonds is 5. The molecule has 2 aromatic heterocycles. The maximum absolute atomic E-state index is 12.1. The summed E-state index contributed by atoms with van der Waals surface area (Å²) in [5.41, 5.74) is 1.11. The maximum Gasteiger partial charge on any atom is 0.315 e. The van der Waals surface area contributed by atoms with E-state index in [9.17, 15) is 4.79 Å². The van der Waals surface area contributed by atoms with Crippen LogP contribution in [-0.4, -0.2) is 28.2 Å². The van der Waals surface area contributed by atoms with Gasteiger partial charge in [-0.2, -0.15) is 11.3 Å². The highest BCUT2D eigenvalue weighted by molar-refractivity contribution is 7.07. The van der Waals surface area contributed by atoms with Crippen molar-refractivity contribution in [3.05, 3.63) is 40.6 Å². The Morgan fingerprint density at radius 3 is 3.27 bits per heavy atom. The summed E-state index contributed by atoms with van der Waals surface area (Å²) in [5, 5.41) is 9.91. The topological polar surface area (TPSA) is 68.2 Å². The highest BCUT2D eigenvalue weighted by Crippen LogP contribution is 2.28. The van der Waals surface area contributed by atoms with Gasteiger partial charge in [0, 0.05) is 32.1 Å². The molecule has 0 radical (unpaired) electrons. The summed E-state index contributed by atoms with van der Waals surface area (Å²) in [5.74, 6) is 0.878. The molecule has 0 aliphatic carbocycles. The van der Waals surface area contributed by atoms with Crippen LogP contribution in [-0.2, 0) is 17.8 Å². The molecular weight excluding hydrogens is 300 g/mol. The second kappa shape index (κ2) is 6.93. The van der Waals surface area contributed by atoms with Crippen LogP contribution in [0.1, 0.15) is 30.8 Å². The fourth-order valence-corrected chi connectivity index (χ4v) is 3.30. The van der Waals surface area contributed by atoms with Gasteiger partial charge in [-0.3, -0.25) is 0 Å². The summed E-state index contributed by atoms with van der Waals surface area (Å²) in [6.45, 7) is 4.08. The molecule has 0 aromatic carbocycles. The van der Waals surface area contributed by atoms with Crippen LogP contribution in [0.25, 0.3) is 0 Å². The molecule has 1 aliphatic rings. The predicted octanol–water partition coefficient (Wildman–Crippen LogP) is 2.29. The van der Waals surface area contributed by atoms with E-state index in [1.54, 1.807) is 17.5 Å². The Labute approximate surface area is 133 Å². The van der Waals surface area contributed by atoms with E-state index in [2.05, 4.69) is 22.5 Å². The van der Waals surface area contributed by atoms with Crippen LogP contribution < -0.4 is 10.6 Å². The van der Waals surface area contributed by atoms with E-state index in [1.165, 1.54) is 0 Å². The van der Waals surface area contributed by atoms with Crippen LogP contribution >= 0.6 is 11.3 Å². The average molecular weight is 320 g/mol. The Morgan fingerprint density at radius 2 is 2.50 bits per heavy atom. The monoisotopic (exact) mass is 320 g/mol. The number of amides is 2. The van der Waals surface area contributed by atoms with E-state index in [1.807, 2.05) is 27.6 Å². The number of nitrogens with zero attached hydrogens (tertiary/aromatic N) is 2. The van der Waals surface area contributed by atoms with Gasteiger partial charge in [0.2, 0.25) is 0 Å². The molecular formula is C15H20N4O2S. The second-order valence-electron chi connectivity index (χ2n) is 5.22. The van der Waals surface area contributed by atoms with Gasteiger partial charge in [0.1, 0.15) is 11.9 Å². The van der Waals surface area contributed by atoms with Crippen LogP contribution in [0.3, 0.4) is 0 Å². The molecule has 0 unspecified atom stereocenters. The van der Waals surface area contributed by atoms with Crippen molar-refractivity contribution in [2.45, 2.75) is 38.6 Å². The molecule has 22 heavy (non-hydrogen) atoms. The van der Waals surface area contributed by atoms with Crippen molar-refractivity contribution in [2.24, 2.45) is 0 Å². The molecule has 6 nitrogen and oxygen atoms in total. The molecule has 2 amide bonds. The minimum absolute atomic E-state index is 0.0461. The van der Waals surface area contributed by atoms with Crippen molar-refractivity contribution in [1.29, 1.82) is 0 Å². The van der Waals surface area contributed by atoms with Gasteiger partial charge in [-0.05, 0) is 35.7 Å². The Kier molecular flexibility index (Phi) is 4.74. The molecule has 1 fully saturated rings. The average Bonchev–Trinajstić information content (AvgIpc) is 3.25. The summed E-state index contributed by atoms with van der Waals surface area (Å²) < 4.78 is 7.83. The van der Waals surface area contributed by atoms with Crippen LogP contribution in [0, 0.1) is 0 Å². The van der Waals surface area contributed by atoms with Crippen molar-refractivity contribution in [3.63, 3.8) is 0 Å². The highest BCUT2D eigenvalue weighted by Gasteiger charge is 2.33. The third-order valence-electron chi connectivity index (χ3n) is 3.78. The zero-order chi connectivity index (χ0) is 15.4. The van der Waals surface area contributed by atoms with Crippen molar-refractivity contribution in [2.75, 3.05) is 6.61 Å². The summed E-state index contributed by atoms with van der Waals surface area (Å²) >= 11 is 1.62. The van der Waals surface area contributed by atoms with Crippen molar-refractivity contribution >= 4 is 17.4 Å². The molecule has 2 atom stereocenters. The molecule has 0 bridgehead atoms. The number of thiophene rings is 1. The molecule has 1 aliphatic heterocycles. The summed E-state index contributed by atoms with van der Waals surface area (Å²) in [6, 6.07) is 1.79. The molecule has 3 heterocycles. The second-order valence-corrected chi connectivity index (χ2v) is 6.00. The van der Waals surface area contributed by atoms with Gasteiger partial charge in [0.15, 0.2) is 0 Å². The normalized spacial score (nSPS) is 21.0. The molecule has 1 saturated heterocycles. The molecule has 3 rings (SSSR count). The number of ether oxygens (including phenoxy) is 1. The molecule has 2 N–H and O–H groups in total. The Morgan fingerprint density at radius 1 is 1.59 bits per heavy atom.